The van der Waals surface area contributed by atoms with Crippen LogP contribution in [0.15, 0.2) is 160 Å². The number of carbonyl (C=O) groups excluding carboxylic acids is 1. The second-order valence-electron chi connectivity index (χ2n) is 13.6. The molecular weight excluding hydrogens is 661 g/mol. The Morgan fingerprint density at radius 2 is 1.23 bits per heavy atom. The number of hydrogen-bond donors (Lipinski definition) is 1. The van der Waals surface area contributed by atoms with Crippen molar-refractivity contribution in [2.45, 2.75) is 57.3 Å². The summed E-state index contributed by atoms with van der Waals surface area (Å²) in [5, 5.41) is 29.4. The Hall–Kier alpha value is -6.06. The zero-order chi connectivity index (χ0) is 37.1. The Labute approximate surface area is 309 Å². The maximum absolute atomic E-state index is 13.2. The van der Waals surface area contributed by atoms with Crippen LogP contribution in [0, 0.1) is 0 Å². The minimum Gasteiger partial charge on any atom is -0.461 e. The lowest BCUT2D eigenvalue weighted by atomic mass is 9.59. The molecule has 0 saturated carbocycles. The summed E-state index contributed by atoms with van der Waals surface area (Å²) in [6, 6.07) is 47.4. The van der Waals surface area contributed by atoms with E-state index in [2.05, 4.69) is 71.1 Å². The Bertz CT molecular complexity index is 2150. The van der Waals surface area contributed by atoms with Crippen LogP contribution in [0.3, 0.4) is 0 Å². The Morgan fingerprint density at radius 1 is 0.717 bits per heavy atom. The fourth-order valence-electron chi connectivity index (χ4n) is 7.60. The predicted octanol–water partition coefficient (Wildman–Crippen LogP) is 9.59. The van der Waals surface area contributed by atoms with Crippen LogP contribution in [0.4, 0.5) is 0 Å². The van der Waals surface area contributed by atoms with E-state index >= 15 is 0 Å². The van der Waals surface area contributed by atoms with Crippen LogP contribution in [-0.2, 0) is 34.4 Å². The van der Waals surface area contributed by atoms with Crippen LogP contribution in [0.2, 0.25) is 0 Å². The van der Waals surface area contributed by atoms with Crippen LogP contribution >= 0.6 is 0 Å². The van der Waals surface area contributed by atoms with Gasteiger partial charge in [0.2, 0.25) is 5.66 Å². The molecule has 53 heavy (non-hydrogen) atoms. The van der Waals surface area contributed by atoms with E-state index in [0.717, 1.165) is 38.9 Å². The fourth-order valence-corrected chi connectivity index (χ4v) is 7.60. The molecule has 0 saturated heterocycles. The molecule has 0 fully saturated rings. The zero-order valence-corrected chi connectivity index (χ0v) is 30.3. The molecule has 266 valence electrons. The van der Waals surface area contributed by atoms with Crippen LogP contribution < -0.4 is 0 Å². The summed E-state index contributed by atoms with van der Waals surface area (Å²) in [4.78, 5) is 17.9. The minimum absolute atomic E-state index is 0.214. The number of nitrogens with zero attached hydrogens (tertiary/aromatic N) is 6. The molecule has 0 atom stereocenters. The van der Waals surface area contributed by atoms with Gasteiger partial charge in [-0.15, -0.1) is 10.2 Å². The maximum Gasteiger partial charge on any atom is 0.357 e. The minimum atomic E-state index is -1.33. The molecule has 9 heteroatoms. The summed E-state index contributed by atoms with van der Waals surface area (Å²) in [7, 11) is 0. The molecule has 7 rings (SSSR count). The number of rotatable bonds is 12. The van der Waals surface area contributed by atoms with Gasteiger partial charge < -0.3 is 14.4 Å². The van der Waals surface area contributed by atoms with E-state index < -0.39 is 22.6 Å². The van der Waals surface area contributed by atoms with Crippen LogP contribution in [0.1, 0.15) is 77.5 Å². The van der Waals surface area contributed by atoms with E-state index in [1.54, 1.807) is 20.8 Å². The number of hydrogen-bond acceptors (Lipinski definition) is 8. The van der Waals surface area contributed by atoms with Crippen molar-refractivity contribution in [3.8, 4) is 11.1 Å². The standard InChI is InChI=1S/C44H42N6O3/c1-5-38-45-40(42(3,4)52)39(41(51)53-6-2)50(38)30-31-26-28-32(29-27-31)36-24-16-17-25-37(36)44(46-48-49-47-44)43(33-18-10-7-11-19-33,34-20-12-8-13-21-34)35-22-14-9-15-23-35/h7-29,52H,5-6,30H2,1-4H3. The van der Waals surface area contributed by atoms with Gasteiger partial charge in [0.15, 0.2) is 5.69 Å². The number of aryl methyl sites for hydroxylation is 1. The summed E-state index contributed by atoms with van der Waals surface area (Å²) < 4.78 is 7.29. The van der Waals surface area contributed by atoms with Crippen molar-refractivity contribution >= 4 is 5.97 Å². The fraction of sp³-hybridized carbons (Fsp3) is 0.227. The van der Waals surface area contributed by atoms with E-state index in [0.29, 0.717) is 24.5 Å². The molecule has 5 aromatic carbocycles. The smallest absolute Gasteiger partial charge is 0.357 e. The van der Waals surface area contributed by atoms with Crippen molar-refractivity contribution in [1.29, 1.82) is 0 Å². The SMILES string of the molecule is CCOC(=O)c1c(C(C)(C)O)nc(CC)n1Cc1ccc(-c2ccccc2C2(C(c3ccccc3)(c3ccccc3)c3ccccc3)N=NN=N2)cc1. The van der Waals surface area contributed by atoms with E-state index in [-0.39, 0.29) is 12.3 Å². The third kappa shape index (κ3) is 6.17. The van der Waals surface area contributed by atoms with Gasteiger partial charge in [-0.25, -0.2) is 9.78 Å². The lowest BCUT2D eigenvalue weighted by molar-refractivity contribution is 0.0469. The van der Waals surface area contributed by atoms with Crippen LogP contribution in [-0.4, -0.2) is 27.2 Å². The second kappa shape index (κ2) is 14.5. The normalized spacial score (nSPS) is 13.7. The molecule has 6 aromatic rings. The topological polar surface area (TPSA) is 114 Å². The van der Waals surface area contributed by atoms with Gasteiger partial charge in [-0.2, -0.15) is 0 Å². The largest absolute Gasteiger partial charge is 0.461 e. The number of esters is 1. The van der Waals surface area contributed by atoms with Gasteiger partial charge >= 0.3 is 5.97 Å². The summed E-state index contributed by atoms with van der Waals surface area (Å²) in [6.45, 7) is 7.59. The molecule has 0 amide bonds. The zero-order valence-electron chi connectivity index (χ0n) is 30.3. The summed E-state index contributed by atoms with van der Waals surface area (Å²) in [6.07, 6.45) is 0.575. The van der Waals surface area contributed by atoms with Gasteiger partial charge in [0, 0.05) is 18.5 Å². The summed E-state index contributed by atoms with van der Waals surface area (Å²) in [5.74, 6) is 0.184. The molecule has 0 aliphatic carbocycles. The highest BCUT2D eigenvalue weighted by atomic mass is 16.5. The van der Waals surface area contributed by atoms with Gasteiger partial charge in [-0.1, -0.05) is 146 Å². The lowest BCUT2D eigenvalue weighted by Crippen LogP contribution is -2.48. The number of carbonyl (C=O) groups is 1. The lowest BCUT2D eigenvalue weighted by Gasteiger charge is -2.45. The molecule has 9 nitrogen and oxygen atoms in total. The number of ether oxygens (including phenoxy) is 1. The third-order valence-corrected chi connectivity index (χ3v) is 9.88. The number of aromatic nitrogens is 2. The van der Waals surface area contributed by atoms with Crippen molar-refractivity contribution in [3.63, 3.8) is 0 Å². The van der Waals surface area contributed by atoms with Crippen molar-refractivity contribution in [2.24, 2.45) is 20.7 Å². The molecular formula is C44H42N6O3. The first-order valence-electron chi connectivity index (χ1n) is 17.9. The molecule has 0 unspecified atom stereocenters. The average molecular weight is 703 g/mol. The number of aliphatic hydroxyl groups is 1. The monoisotopic (exact) mass is 702 g/mol. The van der Waals surface area contributed by atoms with Crippen molar-refractivity contribution in [2.75, 3.05) is 6.61 Å². The van der Waals surface area contributed by atoms with E-state index in [1.807, 2.05) is 90.4 Å². The highest BCUT2D eigenvalue weighted by Gasteiger charge is 2.60. The van der Waals surface area contributed by atoms with Crippen LogP contribution in [0.5, 0.6) is 0 Å². The van der Waals surface area contributed by atoms with Crippen molar-refractivity contribution in [1.82, 2.24) is 9.55 Å². The first-order valence-corrected chi connectivity index (χ1v) is 17.9. The molecule has 2 heterocycles. The van der Waals surface area contributed by atoms with Gasteiger partial charge in [0.05, 0.1) is 12.0 Å². The molecule has 1 aliphatic rings. The average Bonchev–Trinajstić information content (AvgIpc) is 3.84. The first kappa shape index (κ1) is 35.3. The summed E-state index contributed by atoms with van der Waals surface area (Å²) in [5.41, 5.74) is 3.64. The Balaban J connectivity index is 1.38. The highest BCUT2D eigenvalue weighted by molar-refractivity contribution is 5.89. The number of imidazole rings is 1. The maximum atomic E-state index is 13.2. The quantitative estimate of drug-likeness (QED) is 0.101. The predicted molar refractivity (Wildman–Crippen MR) is 204 cm³/mol. The molecule has 0 spiro atoms. The van der Waals surface area contributed by atoms with Crippen molar-refractivity contribution in [3.05, 3.63) is 185 Å². The van der Waals surface area contributed by atoms with Crippen molar-refractivity contribution < 1.29 is 14.6 Å². The van der Waals surface area contributed by atoms with Crippen LogP contribution in [0.25, 0.3) is 11.1 Å². The second-order valence-corrected chi connectivity index (χ2v) is 13.6. The molecule has 1 aromatic heterocycles. The van der Waals surface area contributed by atoms with E-state index in [9.17, 15) is 9.90 Å². The Morgan fingerprint density at radius 3 is 1.72 bits per heavy atom. The van der Waals surface area contributed by atoms with E-state index in [1.165, 1.54) is 0 Å². The van der Waals surface area contributed by atoms with Gasteiger partial charge in [0.25, 0.3) is 0 Å². The van der Waals surface area contributed by atoms with Gasteiger partial charge in [-0.05, 0) is 64.6 Å². The first-order chi connectivity index (χ1) is 25.7. The third-order valence-electron chi connectivity index (χ3n) is 9.88. The molecule has 0 radical (unpaired) electrons. The molecule has 0 bridgehead atoms. The van der Waals surface area contributed by atoms with Gasteiger partial charge in [0.1, 0.15) is 17.1 Å². The van der Waals surface area contributed by atoms with E-state index in [4.69, 9.17) is 19.9 Å². The Kier molecular flexibility index (Phi) is 9.68. The molecule has 1 N–H and O–H groups in total. The molecule has 1 aliphatic heterocycles. The number of benzene rings is 5. The highest BCUT2D eigenvalue weighted by Crippen LogP contribution is 2.58. The van der Waals surface area contributed by atoms with Gasteiger partial charge in [-0.3, -0.25) is 0 Å². The summed E-state index contributed by atoms with van der Waals surface area (Å²) >= 11 is 0.